The first-order valence-electron chi connectivity index (χ1n) is 7.20. The van der Waals surface area contributed by atoms with Crippen molar-refractivity contribution in [3.8, 4) is 0 Å². The van der Waals surface area contributed by atoms with Crippen molar-refractivity contribution in [2.45, 2.75) is 33.7 Å². The van der Waals surface area contributed by atoms with Gasteiger partial charge in [-0.25, -0.2) is 8.78 Å². The molecule has 3 heteroatoms. The molecule has 0 aliphatic rings. The molecule has 1 unspecified atom stereocenters. The zero-order valence-corrected chi connectivity index (χ0v) is 12.9. The Morgan fingerprint density at radius 1 is 0.905 bits per heavy atom. The minimum absolute atomic E-state index is 0.326. The Hall–Kier alpha value is -1.74. The van der Waals surface area contributed by atoms with Crippen LogP contribution in [0.2, 0.25) is 0 Å². The summed E-state index contributed by atoms with van der Waals surface area (Å²) < 4.78 is 28.2. The molecule has 0 aliphatic carbocycles. The molecule has 0 saturated heterocycles. The number of benzene rings is 2. The maximum Gasteiger partial charge on any atom is 0.164 e. The van der Waals surface area contributed by atoms with Crippen molar-refractivity contribution in [3.63, 3.8) is 0 Å². The third-order valence-electron chi connectivity index (χ3n) is 3.76. The van der Waals surface area contributed by atoms with Crippen molar-refractivity contribution in [3.05, 3.63) is 69.8 Å². The van der Waals surface area contributed by atoms with Crippen molar-refractivity contribution < 1.29 is 8.78 Å². The van der Waals surface area contributed by atoms with Gasteiger partial charge in [-0.2, -0.15) is 0 Å². The van der Waals surface area contributed by atoms with E-state index in [4.69, 9.17) is 0 Å². The summed E-state index contributed by atoms with van der Waals surface area (Å²) in [6, 6.07) is 8.99. The van der Waals surface area contributed by atoms with Gasteiger partial charge in [0.15, 0.2) is 11.6 Å². The molecule has 1 nitrogen and oxygen atoms in total. The summed E-state index contributed by atoms with van der Waals surface area (Å²) in [4.78, 5) is 0. The molecule has 0 amide bonds. The molecule has 1 atom stereocenters. The van der Waals surface area contributed by atoms with Crippen LogP contribution in [0.1, 0.15) is 40.8 Å². The number of hydrogen-bond acceptors (Lipinski definition) is 1. The minimum atomic E-state index is -0.764. The molecule has 0 aromatic heterocycles. The summed E-state index contributed by atoms with van der Waals surface area (Å²) in [6.07, 6.45) is 0. The number of nitrogens with one attached hydrogen (secondary N) is 1. The van der Waals surface area contributed by atoms with Gasteiger partial charge in [0.25, 0.3) is 0 Å². The average molecular weight is 289 g/mol. The van der Waals surface area contributed by atoms with Gasteiger partial charge in [-0.05, 0) is 44.0 Å². The van der Waals surface area contributed by atoms with Gasteiger partial charge in [0.1, 0.15) is 0 Å². The van der Waals surface area contributed by atoms with E-state index in [1.54, 1.807) is 19.1 Å². The molecular formula is C18H21F2N. The predicted octanol–water partition coefficient (Wildman–Crippen LogP) is 4.59. The standard InChI is InChI=1S/C18H21F2N/c1-5-21-18(14-8-6-11(2)10-13(14)4)15-9-7-12(3)16(19)17(15)20/h6-10,18,21H,5H2,1-4H3. The molecule has 2 aromatic rings. The second-order valence-corrected chi connectivity index (χ2v) is 5.45. The SMILES string of the molecule is CCNC(c1ccc(C)cc1C)c1ccc(C)c(F)c1F. The molecule has 2 aromatic carbocycles. The van der Waals surface area contributed by atoms with Crippen molar-refractivity contribution >= 4 is 0 Å². The molecule has 0 saturated carbocycles. The lowest BCUT2D eigenvalue weighted by molar-refractivity contribution is 0.478. The Bertz CT molecular complexity index is 650. The monoisotopic (exact) mass is 289 g/mol. The summed E-state index contributed by atoms with van der Waals surface area (Å²) >= 11 is 0. The zero-order valence-electron chi connectivity index (χ0n) is 12.9. The molecule has 0 heterocycles. The lowest BCUT2D eigenvalue weighted by Crippen LogP contribution is -2.24. The second kappa shape index (κ2) is 6.35. The van der Waals surface area contributed by atoms with Crippen molar-refractivity contribution in [1.29, 1.82) is 0 Å². The second-order valence-electron chi connectivity index (χ2n) is 5.45. The van der Waals surface area contributed by atoms with E-state index in [-0.39, 0.29) is 6.04 Å². The minimum Gasteiger partial charge on any atom is -0.306 e. The molecule has 2 rings (SSSR count). The number of aryl methyl sites for hydroxylation is 3. The van der Waals surface area contributed by atoms with Crippen LogP contribution in [0.3, 0.4) is 0 Å². The highest BCUT2D eigenvalue weighted by Gasteiger charge is 2.21. The molecule has 0 spiro atoms. The molecule has 21 heavy (non-hydrogen) atoms. The highest BCUT2D eigenvalue weighted by Crippen LogP contribution is 2.29. The van der Waals surface area contributed by atoms with E-state index < -0.39 is 11.6 Å². The summed E-state index contributed by atoms with van der Waals surface area (Å²) in [6.45, 7) is 8.22. The molecular weight excluding hydrogens is 268 g/mol. The van der Waals surface area contributed by atoms with E-state index in [0.717, 1.165) is 16.7 Å². The fourth-order valence-corrected chi connectivity index (χ4v) is 2.62. The van der Waals surface area contributed by atoms with Crippen LogP contribution in [0, 0.1) is 32.4 Å². The van der Waals surface area contributed by atoms with Crippen LogP contribution in [-0.2, 0) is 0 Å². The molecule has 0 bridgehead atoms. The molecule has 112 valence electrons. The van der Waals surface area contributed by atoms with Crippen LogP contribution < -0.4 is 5.32 Å². The van der Waals surface area contributed by atoms with Gasteiger partial charge in [0, 0.05) is 5.56 Å². The Morgan fingerprint density at radius 3 is 2.19 bits per heavy atom. The summed E-state index contributed by atoms with van der Waals surface area (Å²) in [7, 11) is 0. The van der Waals surface area contributed by atoms with Crippen LogP contribution in [-0.4, -0.2) is 6.54 Å². The van der Waals surface area contributed by atoms with Gasteiger partial charge in [0.2, 0.25) is 0 Å². The first-order chi connectivity index (χ1) is 9.95. The molecule has 0 aliphatic heterocycles. The van der Waals surface area contributed by atoms with Gasteiger partial charge in [-0.1, -0.05) is 42.8 Å². The van der Waals surface area contributed by atoms with Gasteiger partial charge >= 0.3 is 0 Å². The summed E-state index contributed by atoms with van der Waals surface area (Å²) in [5, 5.41) is 3.26. The fourth-order valence-electron chi connectivity index (χ4n) is 2.62. The lowest BCUT2D eigenvalue weighted by Gasteiger charge is -2.22. The third kappa shape index (κ3) is 3.13. The molecule has 1 N–H and O–H groups in total. The van der Waals surface area contributed by atoms with Crippen LogP contribution in [0.15, 0.2) is 30.3 Å². The number of hydrogen-bond donors (Lipinski definition) is 1. The largest absolute Gasteiger partial charge is 0.306 e. The molecule has 0 fully saturated rings. The summed E-state index contributed by atoms with van der Waals surface area (Å²) in [5.74, 6) is -1.53. The average Bonchev–Trinajstić information content (AvgIpc) is 2.44. The maximum atomic E-state index is 14.3. The van der Waals surface area contributed by atoms with Crippen molar-refractivity contribution in [2.75, 3.05) is 6.54 Å². The number of halogens is 2. The Kier molecular flexibility index (Phi) is 4.73. The van der Waals surface area contributed by atoms with E-state index in [1.165, 1.54) is 0 Å². The molecule has 0 radical (unpaired) electrons. The Morgan fingerprint density at radius 2 is 1.57 bits per heavy atom. The zero-order chi connectivity index (χ0) is 15.6. The normalized spacial score (nSPS) is 12.5. The van der Waals surface area contributed by atoms with E-state index in [9.17, 15) is 8.78 Å². The predicted molar refractivity (Wildman–Crippen MR) is 82.5 cm³/mol. The van der Waals surface area contributed by atoms with E-state index in [1.807, 2.05) is 32.9 Å². The van der Waals surface area contributed by atoms with Crippen LogP contribution in [0.5, 0.6) is 0 Å². The first kappa shape index (κ1) is 15.6. The lowest BCUT2D eigenvalue weighted by atomic mass is 9.92. The quantitative estimate of drug-likeness (QED) is 0.868. The van der Waals surface area contributed by atoms with Crippen LogP contribution >= 0.6 is 0 Å². The topological polar surface area (TPSA) is 12.0 Å². The van der Waals surface area contributed by atoms with Gasteiger partial charge in [-0.3, -0.25) is 0 Å². The van der Waals surface area contributed by atoms with Gasteiger partial charge in [-0.15, -0.1) is 0 Å². The van der Waals surface area contributed by atoms with E-state index in [2.05, 4.69) is 11.4 Å². The third-order valence-corrected chi connectivity index (χ3v) is 3.76. The van der Waals surface area contributed by atoms with Crippen molar-refractivity contribution in [1.82, 2.24) is 5.32 Å². The van der Waals surface area contributed by atoms with Gasteiger partial charge < -0.3 is 5.32 Å². The van der Waals surface area contributed by atoms with Crippen LogP contribution in [0.25, 0.3) is 0 Å². The van der Waals surface area contributed by atoms with E-state index in [0.29, 0.717) is 17.7 Å². The van der Waals surface area contributed by atoms with Crippen LogP contribution in [0.4, 0.5) is 8.78 Å². The van der Waals surface area contributed by atoms with Gasteiger partial charge in [0.05, 0.1) is 6.04 Å². The number of rotatable bonds is 4. The summed E-state index contributed by atoms with van der Waals surface area (Å²) in [5.41, 5.74) is 3.88. The maximum absolute atomic E-state index is 14.3. The Labute approximate surface area is 125 Å². The Balaban J connectivity index is 2.56. The highest BCUT2D eigenvalue weighted by molar-refractivity contribution is 5.40. The van der Waals surface area contributed by atoms with E-state index >= 15 is 0 Å². The smallest absolute Gasteiger partial charge is 0.164 e. The fraction of sp³-hybridized carbons (Fsp3) is 0.333. The highest BCUT2D eigenvalue weighted by atomic mass is 19.2. The van der Waals surface area contributed by atoms with Crippen molar-refractivity contribution in [2.24, 2.45) is 0 Å². The first-order valence-corrected chi connectivity index (χ1v) is 7.20.